The molecule has 12 heavy (non-hydrogen) atoms. The van der Waals surface area contributed by atoms with Gasteiger partial charge in [0.15, 0.2) is 0 Å². The van der Waals surface area contributed by atoms with E-state index in [9.17, 15) is 0 Å². The van der Waals surface area contributed by atoms with Gasteiger partial charge in [-0.05, 0) is 36.5 Å². The van der Waals surface area contributed by atoms with Gasteiger partial charge < -0.3 is 0 Å². The minimum absolute atomic E-state index is 0.709. The maximum Gasteiger partial charge on any atom is -0.0264 e. The van der Waals surface area contributed by atoms with Crippen LogP contribution in [0.15, 0.2) is 12.7 Å². The summed E-state index contributed by atoms with van der Waals surface area (Å²) in [6.07, 6.45) is 7.67. The summed E-state index contributed by atoms with van der Waals surface area (Å²) in [5.74, 6) is 1.70. The lowest BCUT2D eigenvalue weighted by atomic mass is 9.90. The van der Waals surface area contributed by atoms with Crippen molar-refractivity contribution in [1.29, 1.82) is 0 Å². The second-order valence-corrected chi connectivity index (χ2v) is 4.57. The van der Waals surface area contributed by atoms with Gasteiger partial charge in [-0.25, -0.2) is 0 Å². The molecule has 0 aromatic rings. The van der Waals surface area contributed by atoms with Crippen LogP contribution in [0.3, 0.4) is 0 Å². The monoisotopic (exact) mass is 166 g/mol. The predicted octanol–water partition coefficient (Wildman–Crippen LogP) is 4.02. The topological polar surface area (TPSA) is 0 Å². The van der Waals surface area contributed by atoms with Crippen LogP contribution in [0.1, 0.15) is 46.5 Å². The van der Waals surface area contributed by atoms with Crippen molar-refractivity contribution in [2.45, 2.75) is 46.5 Å². The van der Waals surface area contributed by atoms with Crippen molar-refractivity contribution in [1.82, 2.24) is 0 Å². The molecule has 0 aliphatic heterocycles. The summed E-state index contributed by atoms with van der Waals surface area (Å²) in [6.45, 7) is 10.8. The van der Waals surface area contributed by atoms with E-state index in [2.05, 4.69) is 33.4 Å². The summed E-state index contributed by atoms with van der Waals surface area (Å²) in [5.41, 5.74) is 0.733. The fourth-order valence-corrected chi connectivity index (χ4v) is 2.20. The molecule has 1 saturated carbocycles. The molecule has 3 atom stereocenters. The molecular weight excluding hydrogens is 144 g/mol. The van der Waals surface area contributed by atoms with Crippen molar-refractivity contribution in [3.63, 3.8) is 0 Å². The molecule has 0 aromatic heterocycles. The minimum Gasteiger partial charge on any atom is -0.103 e. The van der Waals surface area contributed by atoms with Gasteiger partial charge >= 0.3 is 0 Å². The van der Waals surface area contributed by atoms with Gasteiger partial charge in [0.1, 0.15) is 0 Å². The summed E-state index contributed by atoms with van der Waals surface area (Å²) in [7, 11) is 0. The average Bonchev–Trinajstić information content (AvgIpc) is 2.74. The van der Waals surface area contributed by atoms with Crippen molar-refractivity contribution in [2.75, 3.05) is 0 Å². The smallest absolute Gasteiger partial charge is 0.0264 e. The first kappa shape index (κ1) is 9.83. The Morgan fingerprint density at radius 1 is 1.67 bits per heavy atom. The van der Waals surface area contributed by atoms with E-state index >= 15 is 0 Å². The third-order valence-electron chi connectivity index (χ3n) is 3.80. The molecule has 3 unspecified atom stereocenters. The minimum atomic E-state index is 0.709. The zero-order valence-electron chi connectivity index (χ0n) is 8.77. The largest absolute Gasteiger partial charge is 0.103 e. The number of hydrogen-bond acceptors (Lipinski definition) is 0. The SMILES string of the molecule is C=CC(C)CCC1(CC)CC1C. The summed E-state index contributed by atoms with van der Waals surface area (Å²) >= 11 is 0. The van der Waals surface area contributed by atoms with E-state index in [1.165, 1.54) is 25.7 Å². The Morgan fingerprint density at radius 2 is 2.25 bits per heavy atom. The third-order valence-corrected chi connectivity index (χ3v) is 3.80. The molecule has 0 nitrogen and oxygen atoms in total. The van der Waals surface area contributed by atoms with Crippen LogP contribution in [0, 0.1) is 17.3 Å². The van der Waals surface area contributed by atoms with Gasteiger partial charge in [-0.2, -0.15) is 0 Å². The van der Waals surface area contributed by atoms with Crippen molar-refractivity contribution in [2.24, 2.45) is 17.3 Å². The van der Waals surface area contributed by atoms with Crippen molar-refractivity contribution < 1.29 is 0 Å². The van der Waals surface area contributed by atoms with E-state index in [4.69, 9.17) is 0 Å². The lowest BCUT2D eigenvalue weighted by Gasteiger charge is -2.15. The fraction of sp³-hybridized carbons (Fsp3) is 0.833. The van der Waals surface area contributed by atoms with E-state index < -0.39 is 0 Å². The van der Waals surface area contributed by atoms with Crippen LogP contribution in [0.2, 0.25) is 0 Å². The first-order valence-electron chi connectivity index (χ1n) is 5.27. The van der Waals surface area contributed by atoms with Gasteiger partial charge in [0, 0.05) is 0 Å². The Kier molecular flexibility index (Phi) is 2.98. The van der Waals surface area contributed by atoms with Crippen LogP contribution >= 0.6 is 0 Å². The van der Waals surface area contributed by atoms with Crippen molar-refractivity contribution in [3.8, 4) is 0 Å². The molecule has 0 amide bonds. The lowest BCUT2D eigenvalue weighted by molar-refractivity contribution is 0.378. The summed E-state index contributed by atoms with van der Waals surface area (Å²) in [5, 5.41) is 0. The summed E-state index contributed by atoms with van der Waals surface area (Å²) in [4.78, 5) is 0. The van der Waals surface area contributed by atoms with E-state index in [-0.39, 0.29) is 0 Å². The van der Waals surface area contributed by atoms with Crippen LogP contribution < -0.4 is 0 Å². The van der Waals surface area contributed by atoms with Gasteiger partial charge in [0.2, 0.25) is 0 Å². The molecule has 1 fully saturated rings. The van der Waals surface area contributed by atoms with Crippen LogP contribution in [0.5, 0.6) is 0 Å². The van der Waals surface area contributed by atoms with E-state index in [1.807, 2.05) is 0 Å². The highest BCUT2D eigenvalue weighted by Crippen LogP contribution is 2.58. The van der Waals surface area contributed by atoms with Crippen molar-refractivity contribution >= 4 is 0 Å². The molecular formula is C12H22. The standard InChI is InChI=1S/C12H22/c1-5-10(3)7-8-12(6-2)9-11(12)4/h5,10-11H,1,6-9H2,2-4H3. The molecule has 0 heterocycles. The van der Waals surface area contributed by atoms with E-state index in [1.54, 1.807) is 0 Å². The highest BCUT2D eigenvalue weighted by Gasteiger charge is 2.48. The first-order chi connectivity index (χ1) is 5.64. The Morgan fingerprint density at radius 3 is 2.58 bits per heavy atom. The van der Waals surface area contributed by atoms with Crippen LogP contribution in [0.25, 0.3) is 0 Å². The molecule has 0 radical (unpaired) electrons. The van der Waals surface area contributed by atoms with Gasteiger partial charge in [-0.3, -0.25) is 0 Å². The molecule has 0 spiro atoms. The Balaban J connectivity index is 2.26. The second kappa shape index (κ2) is 3.64. The maximum absolute atomic E-state index is 3.83. The molecule has 0 saturated heterocycles. The van der Waals surface area contributed by atoms with Crippen LogP contribution in [-0.4, -0.2) is 0 Å². The Hall–Kier alpha value is -0.260. The lowest BCUT2D eigenvalue weighted by Crippen LogP contribution is -2.03. The second-order valence-electron chi connectivity index (χ2n) is 4.57. The number of rotatable bonds is 5. The number of hydrogen-bond donors (Lipinski definition) is 0. The molecule has 0 aromatic carbocycles. The zero-order chi connectivity index (χ0) is 9.19. The van der Waals surface area contributed by atoms with Gasteiger partial charge in [-0.1, -0.05) is 33.3 Å². The molecule has 1 rings (SSSR count). The van der Waals surface area contributed by atoms with Gasteiger partial charge in [0.25, 0.3) is 0 Å². The van der Waals surface area contributed by atoms with Crippen LogP contribution in [0.4, 0.5) is 0 Å². The average molecular weight is 166 g/mol. The quantitative estimate of drug-likeness (QED) is 0.541. The molecule has 0 heteroatoms. The predicted molar refractivity (Wildman–Crippen MR) is 55.1 cm³/mol. The van der Waals surface area contributed by atoms with E-state index in [0.717, 1.165) is 11.3 Å². The highest BCUT2D eigenvalue weighted by molar-refractivity contribution is 4.99. The molecule has 0 N–H and O–H groups in total. The molecule has 70 valence electrons. The Labute approximate surface area is 77.1 Å². The maximum atomic E-state index is 3.83. The molecule has 0 bridgehead atoms. The van der Waals surface area contributed by atoms with Gasteiger partial charge in [0.05, 0.1) is 0 Å². The summed E-state index contributed by atoms with van der Waals surface area (Å²) < 4.78 is 0. The normalized spacial score (nSPS) is 36.1. The zero-order valence-corrected chi connectivity index (χ0v) is 8.77. The first-order valence-corrected chi connectivity index (χ1v) is 5.27. The third kappa shape index (κ3) is 1.91. The van der Waals surface area contributed by atoms with Crippen molar-refractivity contribution in [3.05, 3.63) is 12.7 Å². The van der Waals surface area contributed by atoms with E-state index in [0.29, 0.717) is 5.92 Å². The highest BCUT2D eigenvalue weighted by atomic mass is 14.5. The van der Waals surface area contributed by atoms with Gasteiger partial charge in [-0.15, -0.1) is 6.58 Å². The Bertz CT molecular complexity index is 155. The molecule has 1 aliphatic carbocycles. The van der Waals surface area contributed by atoms with Crippen LogP contribution in [-0.2, 0) is 0 Å². The molecule has 1 aliphatic rings. The fourth-order valence-electron chi connectivity index (χ4n) is 2.20. The number of allylic oxidation sites excluding steroid dienone is 1. The summed E-state index contributed by atoms with van der Waals surface area (Å²) in [6, 6.07) is 0.